The van der Waals surface area contributed by atoms with Crippen molar-refractivity contribution < 1.29 is 0 Å². The van der Waals surface area contributed by atoms with Crippen molar-refractivity contribution >= 4 is 35.1 Å². The molecule has 1 aliphatic heterocycles. The van der Waals surface area contributed by atoms with E-state index in [2.05, 4.69) is 32.8 Å². The van der Waals surface area contributed by atoms with Crippen molar-refractivity contribution in [1.29, 1.82) is 0 Å². The van der Waals surface area contributed by atoms with E-state index in [0.717, 1.165) is 11.4 Å². The van der Waals surface area contributed by atoms with Crippen LogP contribution in [0.25, 0.3) is 0 Å². The highest BCUT2D eigenvalue weighted by Gasteiger charge is 2.33. The van der Waals surface area contributed by atoms with Gasteiger partial charge in [0.2, 0.25) is 0 Å². The van der Waals surface area contributed by atoms with Crippen molar-refractivity contribution in [2.45, 2.75) is 55.5 Å². The molecule has 0 spiro atoms. The molecule has 1 aromatic heterocycles. The molecular formula is C13H22ClN3S2. The number of aromatic nitrogens is 2. The zero-order valence-corrected chi connectivity index (χ0v) is 14.2. The third-order valence-electron chi connectivity index (χ3n) is 3.57. The van der Waals surface area contributed by atoms with Gasteiger partial charge in [-0.3, -0.25) is 4.68 Å². The highest BCUT2D eigenvalue weighted by molar-refractivity contribution is 8.07. The van der Waals surface area contributed by atoms with E-state index in [4.69, 9.17) is 17.3 Å². The van der Waals surface area contributed by atoms with E-state index in [9.17, 15) is 0 Å². The molecule has 0 aromatic carbocycles. The summed E-state index contributed by atoms with van der Waals surface area (Å²) in [5.74, 6) is 1.08. The van der Waals surface area contributed by atoms with Crippen LogP contribution >= 0.6 is 35.1 Å². The minimum absolute atomic E-state index is 0.0511. The van der Waals surface area contributed by atoms with Crippen LogP contribution < -0.4 is 5.73 Å². The smallest absolute Gasteiger partial charge is 0.0834 e. The standard InChI is InChI=1S/C13H22ClN3S2/c1-7(2)17-13(10(14)5-16-17)12(15)11-6-18-8(3)9(4)19-11/h5,7-9,11-12H,6,15H2,1-4H3. The van der Waals surface area contributed by atoms with Crippen molar-refractivity contribution in [2.75, 3.05) is 5.75 Å². The Kier molecular flexibility index (Phi) is 5.15. The average Bonchev–Trinajstić information content (AvgIpc) is 2.74. The highest BCUT2D eigenvalue weighted by Crippen LogP contribution is 2.41. The van der Waals surface area contributed by atoms with Gasteiger partial charge >= 0.3 is 0 Å². The van der Waals surface area contributed by atoms with Gasteiger partial charge in [0.05, 0.1) is 23.0 Å². The first-order valence-electron chi connectivity index (χ1n) is 6.67. The van der Waals surface area contributed by atoms with Gasteiger partial charge in [0, 0.05) is 27.5 Å². The molecular weight excluding hydrogens is 298 g/mol. The Morgan fingerprint density at radius 2 is 2.11 bits per heavy atom. The molecule has 6 heteroatoms. The van der Waals surface area contributed by atoms with Crippen LogP contribution in [0.1, 0.15) is 45.5 Å². The molecule has 0 radical (unpaired) electrons. The van der Waals surface area contributed by atoms with E-state index >= 15 is 0 Å². The van der Waals surface area contributed by atoms with E-state index in [0.29, 0.717) is 20.8 Å². The zero-order chi connectivity index (χ0) is 14.2. The third kappa shape index (κ3) is 3.26. The zero-order valence-electron chi connectivity index (χ0n) is 11.8. The first-order valence-corrected chi connectivity index (χ1v) is 9.04. The second kappa shape index (κ2) is 6.29. The molecule has 1 aromatic rings. The molecule has 4 atom stereocenters. The minimum atomic E-state index is -0.0511. The maximum Gasteiger partial charge on any atom is 0.0834 e. The summed E-state index contributed by atoms with van der Waals surface area (Å²) in [6.07, 6.45) is 1.71. The van der Waals surface area contributed by atoms with Gasteiger partial charge in [-0.1, -0.05) is 25.4 Å². The molecule has 3 nitrogen and oxygen atoms in total. The average molecular weight is 320 g/mol. The van der Waals surface area contributed by atoms with Crippen molar-refractivity contribution in [3.05, 3.63) is 16.9 Å². The molecule has 0 bridgehead atoms. The normalized spacial score (nSPS) is 29.7. The lowest BCUT2D eigenvalue weighted by Crippen LogP contribution is -2.35. The van der Waals surface area contributed by atoms with Crippen molar-refractivity contribution in [1.82, 2.24) is 9.78 Å². The number of thioether (sulfide) groups is 2. The lowest BCUT2D eigenvalue weighted by molar-refractivity contribution is 0.485. The summed E-state index contributed by atoms with van der Waals surface area (Å²) in [5, 5.41) is 6.77. The van der Waals surface area contributed by atoms with Crippen molar-refractivity contribution in [3.8, 4) is 0 Å². The molecule has 1 saturated heterocycles. The molecule has 108 valence electrons. The van der Waals surface area contributed by atoms with Crippen LogP contribution in [0, 0.1) is 0 Å². The lowest BCUT2D eigenvalue weighted by atomic mass is 10.1. The van der Waals surface area contributed by atoms with Crippen LogP contribution in [0.3, 0.4) is 0 Å². The van der Waals surface area contributed by atoms with E-state index in [-0.39, 0.29) is 12.1 Å². The predicted molar refractivity (Wildman–Crippen MR) is 87.3 cm³/mol. The summed E-state index contributed by atoms with van der Waals surface area (Å²) in [5.41, 5.74) is 7.46. The summed E-state index contributed by atoms with van der Waals surface area (Å²) in [6, 6.07) is 0.232. The first kappa shape index (κ1) is 15.5. The fourth-order valence-electron chi connectivity index (χ4n) is 2.25. The van der Waals surface area contributed by atoms with E-state index in [1.165, 1.54) is 0 Å². The molecule has 4 unspecified atom stereocenters. The van der Waals surface area contributed by atoms with Crippen LogP contribution in [0.4, 0.5) is 0 Å². The monoisotopic (exact) mass is 319 g/mol. The Labute approximate surface area is 129 Å². The largest absolute Gasteiger partial charge is 0.322 e. The second-order valence-electron chi connectivity index (χ2n) is 5.36. The number of nitrogens with zero attached hydrogens (tertiary/aromatic N) is 2. The quantitative estimate of drug-likeness (QED) is 0.921. The Bertz CT molecular complexity index is 436. The van der Waals surface area contributed by atoms with Gasteiger partial charge in [0.25, 0.3) is 0 Å². The second-order valence-corrected chi connectivity index (χ2v) is 8.80. The molecule has 0 amide bonds. The number of nitrogens with two attached hydrogens (primary N) is 1. The summed E-state index contributed by atoms with van der Waals surface area (Å²) in [6.45, 7) is 8.78. The maximum absolute atomic E-state index is 6.48. The van der Waals surface area contributed by atoms with Gasteiger partial charge in [0.15, 0.2) is 0 Å². The Morgan fingerprint density at radius 3 is 2.68 bits per heavy atom. The molecule has 0 aliphatic carbocycles. The topological polar surface area (TPSA) is 43.8 Å². The number of rotatable bonds is 3. The Morgan fingerprint density at radius 1 is 1.42 bits per heavy atom. The van der Waals surface area contributed by atoms with Crippen LogP contribution in [0.5, 0.6) is 0 Å². The van der Waals surface area contributed by atoms with Crippen LogP contribution in [-0.4, -0.2) is 31.3 Å². The first-order chi connectivity index (χ1) is 8.91. The summed E-state index contributed by atoms with van der Waals surface area (Å²) >= 11 is 10.3. The highest BCUT2D eigenvalue weighted by atomic mass is 35.5. The number of hydrogen-bond donors (Lipinski definition) is 1. The molecule has 1 fully saturated rings. The van der Waals surface area contributed by atoms with Gasteiger partial charge in [-0.2, -0.15) is 28.6 Å². The molecule has 2 heterocycles. The minimum Gasteiger partial charge on any atom is -0.322 e. The van der Waals surface area contributed by atoms with Crippen LogP contribution in [0.2, 0.25) is 5.02 Å². The van der Waals surface area contributed by atoms with Crippen molar-refractivity contribution in [3.63, 3.8) is 0 Å². The lowest BCUT2D eigenvalue weighted by Gasteiger charge is -2.34. The van der Waals surface area contributed by atoms with E-state index in [1.807, 2.05) is 28.2 Å². The Balaban J connectivity index is 2.20. The summed E-state index contributed by atoms with van der Waals surface area (Å²) in [4.78, 5) is 0. The third-order valence-corrected chi connectivity index (χ3v) is 7.37. The molecule has 19 heavy (non-hydrogen) atoms. The van der Waals surface area contributed by atoms with Crippen LogP contribution in [-0.2, 0) is 0 Å². The molecule has 0 saturated carbocycles. The van der Waals surface area contributed by atoms with E-state index in [1.54, 1.807) is 6.20 Å². The predicted octanol–water partition coefficient (Wildman–Crippen LogP) is 3.74. The number of hydrogen-bond acceptors (Lipinski definition) is 4. The SMILES string of the molecule is CC1SCC(C(N)c2c(Cl)cnn2C(C)C)SC1C. The maximum atomic E-state index is 6.48. The van der Waals surface area contributed by atoms with Gasteiger partial charge in [-0.05, 0) is 13.8 Å². The molecule has 2 N–H and O–H groups in total. The fraction of sp³-hybridized carbons (Fsp3) is 0.769. The van der Waals surface area contributed by atoms with E-state index < -0.39 is 0 Å². The molecule has 2 rings (SSSR count). The van der Waals surface area contributed by atoms with Gasteiger partial charge in [0.1, 0.15) is 0 Å². The summed E-state index contributed by atoms with van der Waals surface area (Å²) < 4.78 is 1.96. The van der Waals surface area contributed by atoms with Gasteiger partial charge in [-0.15, -0.1) is 0 Å². The number of halogens is 1. The van der Waals surface area contributed by atoms with Gasteiger partial charge < -0.3 is 5.73 Å². The van der Waals surface area contributed by atoms with Crippen LogP contribution in [0.15, 0.2) is 6.20 Å². The fourth-order valence-corrected chi connectivity index (χ4v) is 5.52. The molecule has 1 aliphatic rings. The summed E-state index contributed by atoms with van der Waals surface area (Å²) in [7, 11) is 0. The van der Waals surface area contributed by atoms with Gasteiger partial charge in [-0.25, -0.2) is 0 Å². The Hall–Kier alpha value is 0.160. The van der Waals surface area contributed by atoms with Crippen molar-refractivity contribution in [2.24, 2.45) is 5.73 Å².